The average Bonchev–Trinajstić information content (AvgIpc) is 2.72. The van der Waals surface area contributed by atoms with Gasteiger partial charge in [-0.05, 0) is 37.6 Å². The Morgan fingerprint density at radius 3 is 2.48 bits per heavy atom. The Kier molecular flexibility index (Phi) is 5.82. The molecule has 0 fully saturated rings. The molecule has 148 valence electrons. The summed E-state index contributed by atoms with van der Waals surface area (Å²) in [5, 5.41) is 12.0. The Bertz CT molecular complexity index is 1180. The third-order valence-electron chi connectivity index (χ3n) is 4.31. The topological polar surface area (TPSA) is 105 Å². The molecule has 0 aliphatic carbocycles. The van der Waals surface area contributed by atoms with Crippen LogP contribution in [0, 0.1) is 0 Å². The molecule has 1 heterocycles. The van der Waals surface area contributed by atoms with Crippen LogP contribution in [0.25, 0.3) is 10.8 Å². The van der Waals surface area contributed by atoms with E-state index in [9.17, 15) is 14.4 Å². The summed E-state index contributed by atoms with van der Waals surface area (Å²) in [6.07, 6.45) is 0. The third-order valence-corrected chi connectivity index (χ3v) is 4.31. The van der Waals surface area contributed by atoms with E-state index in [2.05, 4.69) is 20.9 Å². The molecule has 0 aliphatic rings. The van der Waals surface area contributed by atoms with Crippen LogP contribution in [0.5, 0.6) is 0 Å². The molecular weight excluding hydrogens is 370 g/mol. The van der Waals surface area contributed by atoms with Gasteiger partial charge in [0.05, 0.1) is 11.1 Å². The molecule has 2 amide bonds. The Morgan fingerprint density at radius 2 is 1.79 bits per heavy atom. The van der Waals surface area contributed by atoms with Crippen LogP contribution in [0.1, 0.15) is 36.8 Å². The van der Waals surface area contributed by atoms with Crippen molar-refractivity contribution in [2.45, 2.75) is 27.3 Å². The first-order valence-corrected chi connectivity index (χ1v) is 9.13. The standard InChI is InChI=1S/C21H21N5O3/c1-4-26-21(29)18-11-6-5-10-17(18)19(25-26)20(28)24-23-13(2)15-8-7-9-16(12-15)22-14(3)27/h5-12H,4H2,1-3H3,(H,22,27)(H,24,28)/b23-13-. The van der Waals surface area contributed by atoms with E-state index >= 15 is 0 Å². The first-order chi connectivity index (χ1) is 13.9. The van der Waals surface area contributed by atoms with Crippen LogP contribution in [-0.4, -0.2) is 27.3 Å². The van der Waals surface area contributed by atoms with Gasteiger partial charge in [0.2, 0.25) is 5.91 Å². The number of nitrogens with zero attached hydrogens (tertiary/aromatic N) is 3. The fourth-order valence-corrected chi connectivity index (χ4v) is 2.89. The molecular formula is C21H21N5O3. The van der Waals surface area contributed by atoms with Gasteiger partial charge in [-0.15, -0.1) is 0 Å². The lowest BCUT2D eigenvalue weighted by Crippen LogP contribution is -2.28. The van der Waals surface area contributed by atoms with Gasteiger partial charge < -0.3 is 5.32 Å². The summed E-state index contributed by atoms with van der Waals surface area (Å²) < 4.78 is 1.25. The summed E-state index contributed by atoms with van der Waals surface area (Å²) >= 11 is 0. The number of carbonyl (C=O) groups is 2. The Labute approximate surface area is 167 Å². The number of anilines is 1. The minimum Gasteiger partial charge on any atom is -0.326 e. The lowest BCUT2D eigenvalue weighted by Gasteiger charge is -2.09. The Hall–Kier alpha value is -3.81. The van der Waals surface area contributed by atoms with E-state index in [0.29, 0.717) is 28.7 Å². The van der Waals surface area contributed by atoms with Crippen LogP contribution in [-0.2, 0) is 11.3 Å². The predicted molar refractivity (Wildman–Crippen MR) is 112 cm³/mol. The van der Waals surface area contributed by atoms with Crippen molar-refractivity contribution in [2.24, 2.45) is 5.10 Å². The number of amides is 2. The molecule has 0 unspecified atom stereocenters. The second-order valence-electron chi connectivity index (χ2n) is 6.42. The van der Waals surface area contributed by atoms with Gasteiger partial charge in [-0.2, -0.15) is 10.2 Å². The lowest BCUT2D eigenvalue weighted by atomic mass is 10.1. The lowest BCUT2D eigenvalue weighted by molar-refractivity contribution is -0.114. The van der Waals surface area contributed by atoms with Crippen molar-refractivity contribution in [3.63, 3.8) is 0 Å². The maximum Gasteiger partial charge on any atom is 0.292 e. The van der Waals surface area contributed by atoms with Crippen LogP contribution in [0.15, 0.2) is 58.4 Å². The first kappa shape index (κ1) is 19.9. The number of rotatable bonds is 5. The van der Waals surface area contributed by atoms with Gasteiger partial charge in [-0.3, -0.25) is 14.4 Å². The molecule has 8 nitrogen and oxygen atoms in total. The van der Waals surface area contributed by atoms with Crippen molar-refractivity contribution in [1.82, 2.24) is 15.2 Å². The summed E-state index contributed by atoms with van der Waals surface area (Å²) in [5.41, 5.74) is 4.33. The number of carbonyl (C=O) groups excluding carboxylic acids is 2. The highest BCUT2D eigenvalue weighted by Crippen LogP contribution is 2.14. The molecule has 0 radical (unpaired) electrons. The molecule has 2 N–H and O–H groups in total. The van der Waals surface area contributed by atoms with Gasteiger partial charge in [-0.25, -0.2) is 10.1 Å². The summed E-state index contributed by atoms with van der Waals surface area (Å²) in [6, 6.07) is 14.0. The van der Waals surface area contributed by atoms with Crippen molar-refractivity contribution < 1.29 is 9.59 Å². The van der Waals surface area contributed by atoms with Crippen LogP contribution in [0.2, 0.25) is 0 Å². The number of benzene rings is 2. The number of fused-ring (bicyclic) bond motifs is 1. The number of hydrogen-bond donors (Lipinski definition) is 2. The van der Waals surface area contributed by atoms with Gasteiger partial charge in [0.15, 0.2) is 5.69 Å². The van der Waals surface area contributed by atoms with E-state index in [1.165, 1.54) is 11.6 Å². The SMILES string of the molecule is CCn1nc(C(=O)N/N=C(/C)c2cccc(NC(C)=O)c2)c2ccccc2c1=O. The summed E-state index contributed by atoms with van der Waals surface area (Å²) in [4.78, 5) is 36.4. The van der Waals surface area contributed by atoms with Crippen LogP contribution in [0.4, 0.5) is 5.69 Å². The normalized spacial score (nSPS) is 11.3. The highest BCUT2D eigenvalue weighted by atomic mass is 16.2. The first-order valence-electron chi connectivity index (χ1n) is 9.13. The molecule has 1 aromatic heterocycles. The fourth-order valence-electron chi connectivity index (χ4n) is 2.89. The van der Waals surface area contributed by atoms with E-state index in [4.69, 9.17) is 0 Å². The molecule has 0 atom stereocenters. The van der Waals surface area contributed by atoms with E-state index < -0.39 is 5.91 Å². The highest BCUT2D eigenvalue weighted by Gasteiger charge is 2.16. The molecule has 2 aromatic carbocycles. The maximum atomic E-state index is 12.7. The van der Waals surface area contributed by atoms with Gasteiger partial charge in [0, 0.05) is 24.5 Å². The van der Waals surface area contributed by atoms with Crippen molar-refractivity contribution in [1.29, 1.82) is 0 Å². The van der Waals surface area contributed by atoms with Crippen molar-refractivity contribution in [2.75, 3.05) is 5.32 Å². The van der Waals surface area contributed by atoms with Crippen LogP contribution in [0.3, 0.4) is 0 Å². The van der Waals surface area contributed by atoms with Crippen molar-refractivity contribution in [3.05, 3.63) is 70.1 Å². The van der Waals surface area contributed by atoms with Gasteiger partial charge in [0.25, 0.3) is 11.5 Å². The van der Waals surface area contributed by atoms with E-state index in [1.807, 2.05) is 6.07 Å². The second-order valence-corrected chi connectivity index (χ2v) is 6.42. The highest BCUT2D eigenvalue weighted by molar-refractivity contribution is 6.06. The molecule has 8 heteroatoms. The van der Waals surface area contributed by atoms with Gasteiger partial charge in [-0.1, -0.05) is 30.3 Å². The zero-order valence-electron chi connectivity index (χ0n) is 16.4. The number of nitrogens with one attached hydrogen (secondary N) is 2. The molecule has 0 aliphatic heterocycles. The predicted octanol–water partition coefficient (Wildman–Crippen LogP) is 2.53. The summed E-state index contributed by atoms with van der Waals surface area (Å²) in [7, 11) is 0. The molecule has 3 rings (SSSR count). The monoisotopic (exact) mass is 391 g/mol. The van der Waals surface area contributed by atoms with E-state index in [1.54, 1.807) is 56.3 Å². The summed E-state index contributed by atoms with van der Waals surface area (Å²) in [5.74, 6) is -0.685. The Morgan fingerprint density at radius 1 is 1.07 bits per heavy atom. The van der Waals surface area contributed by atoms with Gasteiger partial charge in [0.1, 0.15) is 0 Å². The van der Waals surface area contributed by atoms with Gasteiger partial charge >= 0.3 is 0 Å². The number of hydrazone groups is 1. The number of aromatic nitrogens is 2. The minimum atomic E-state index is -0.513. The van der Waals surface area contributed by atoms with Crippen molar-refractivity contribution in [3.8, 4) is 0 Å². The summed E-state index contributed by atoms with van der Waals surface area (Å²) in [6.45, 7) is 5.31. The molecule has 0 saturated heterocycles. The van der Waals surface area contributed by atoms with Crippen LogP contribution < -0.4 is 16.3 Å². The second kappa shape index (κ2) is 8.47. The zero-order chi connectivity index (χ0) is 21.0. The largest absolute Gasteiger partial charge is 0.326 e. The minimum absolute atomic E-state index is 0.130. The molecule has 29 heavy (non-hydrogen) atoms. The van der Waals surface area contributed by atoms with Crippen molar-refractivity contribution >= 4 is 34.0 Å². The Balaban J connectivity index is 1.90. The molecule has 0 bridgehead atoms. The van der Waals surface area contributed by atoms with E-state index in [0.717, 1.165) is 5.56 Å². The molecule has 3 aromatic rings. The smallest absolute Gasteiger partial charge is 0.292 e. The maximum absolute atomic E-state index is 12.7. The fraction of sp³-hybridized carbons (Fsp3) is 0.190. The third kappa shape index (κ3) is 4.37. The molecule has 0 saturated carbocycles. The molecule has 0 spiro atoms. The number of hydrogen-bond acceptors (Lipinski definition) is 5. The van der Waals surface area contributed by atoms with Crippen LogP contribution >= 0.6 is 0 Å². The van der Waals surface area contributed by atoms with E-state index in [-0.39, 0.29) is 17.2 Å². The number of aryl methyl sites for hydroxylation is 1. The zero-order valence-corrected chi connectivity index (χ0v) is 16.4. The average molecular weight is 391 g/mol. The quantitative estimate of drug-likeness (QED) is 0.515.